The average Bonchev–Trinajstić information content (AvgIpc) is 3.01. The molecule has 0 saturated heterocycles. The number of ether oxygens (including phenoxy) is 2. The minimum Gasteiger partial charge on any atom is -0.469 e. The molecule has 6 nitrogen and oxygen atoms in total. The summed E-state index contributed by atoms with van der Waals surface area (Å²) >= 11 is 3.63. The standard InChI is InChI=1S/C22H27BrN2O4/c1-22(2,3)29-21(27)25-13-15(19-17(23)7-6-8-18(19)25)11-16-10-9-14(12-24(16)4)20(26)28-5/h6-10,13-14,16H,11-12H2,1-5H3/t14-,16-/m0/s1. The quantitative estimate of drug-likeness (QED) is 0.499. The summed E-state index contributed by atoms with van der Waals surface area (Å²) in [4.78, 5) is 26.7. The van der Waals surface area contributed by atoms with E-state index in [1.54, 1.807) is 4.57 Å². The van der Waals surface area contributed by atoms with E-state index in [-0.39, 0.29) is 17.9 Å². The molecule has 0 aliphatic carbocycles. The predicted molar refractivity (Wildman–Crippen MR) is 116 cm³/mol. The van der Waals surface area contributed by atoms with Gasteiger partial charge in [0, 0.05) is 28.6 Å². The second-order valence-corrected chi connectivity index (χ2v) is 9.22. The topological polar surface area (TPSA) is 60.8 Å². The van der Waals surface area contributed by atoms with E-state index in [1.165, 1.54) is 7.11 Å². The monoisotopic (exact) mass is 462 g/mol. The van der Waals surface area contributed by atoms with Crippen molar-refractivity contribution in [2.75, 3.05) is 20.7 Å². The summed E-state index contributed by atoms with van der Waals surface area (Å²) in [6, 6.07) is 5.91. The Morgan fingerprint density at radius 3 is 2.59 bits per heavy atom. The maximum atomic E-state index is 12.8. The molecule has 2 atom stereocenters. The molecule has 1 aromatic carbocycles. The fraction of sp³-hybridized carbons (Fsp3) is 0.455. The third-order valence-corrected chi connectivity index (χ3v) is 5.66. The van der Waals surface area contributed by atoms with Gasteiger partial charge in [0.25, 0.3) is 0 Å². The van der Waals surface area contributed by atoms with Crippen LogP contribution in [0, 0.1) is 5.92 Å². The van der Waals surface area contributed by atoms with Crippen molar-refractivity contribution < 1.29 is 19.1 Å². The summed E-state index contributed by atoms with van der Waals surface area (Å²) in [5, 5.41) is 0.996. The summed E-state index contributed by atoms with van der Waals surface area (Å²) < 4.78 is 12.9. The number of hydrogen-bond donors (Lipinski definition) is 0. The molecule has 0 unspecified atom stereocenters. The van der Waals surface area contributed by atoms with Crippen molar-refractivity contribution in [3.05, 3.63) is 46.6 Å². The molecule has 7 heteroatoms. The van der Waals surface area contributed by atoms with E-state index in [4.69, 9.17) is 9.47 Å². The van der Waals surface area contributed by atoms with Crippen LogP contribution < -0.4 is 0 Å². The molecular formula is C22H27BrN2O4. The van der Waals surface area contributed by atoms with Crippen molar-refractivity contribution in [1.82, 2.24) is 9.47 Å². The maximum Gasteiger partial charge on any atom is 0.419 e. The van der Waals surface area contributed by atoms with E-state index in [0.29, 0.717) is 13.0 Å². The normalized spacial score (nSPS) is 20.1. The van der Waals surface area contributed by atoms with Crippen LogP contribution in [0.3, 0.4) is 0 Å². The highest BCUT2D eigenvalue weighted by Gasteiger charge is 2.28. The van der Waals surface area contributed by atoms with Gasteiger partial charge < -0.3 is 9.47 Å². The van der Waals surface area contributed by atoms with Gasteiger partial charge >= 0.3 is 12.1 Å². The molecule has 3 rings (SSSR count). The van der Waals surface area contributed by atoms with E-state index in [9.17, 15) is 9.59 Å². The van der Waals surface area contributed by atoms with Crippen LogP contribution in [0.4, 0.5) is 4.79 Å². The Bertz CT molecular complexity index is 958. The van der Waals surface area contributed by atoms with Gasteiger partial charge in [-0.15, -0.1) is 0 Å². The number of carbonyl (C=O) groups excluding carboxylic acids is 2. The molecule has 1 aromatic heterocycles. The van der Waals surface area contributed by atoms with Gasteiger partial charge in [0.1, 0.15) is 5.60 Å². The highest BCUT2D eigenvalue weighted by molar-refractivity contribution is 9.10. The zero-order chi connectivity index (χ0) is 21.3. The molecule has 0 fully saturated rings. The van der Waals surface area contributed by atoms with Crippen molar-refractivity contribution >= 4 is 38.9 Å². The first-order chi connectivity index (χ1) is 13.6. The van der Waals surface area contributed by atoms with Gasteiger partial charge in [-0.1, -0.05) is 34.1 Å². The van der Waals surface area contributed by atoms with Crippen LogP contribution >= 0.6 is 15.9 Å². The first kappa shape index (κ1) is 21.6. The Morgan fingerprint density at radius 2 is 1.97 bits per heavy atom. The number of aromatic nitrogens is 1. The van der Waals surface area contributed by atoms with Crippen molar-refractivity contribution in [2.45, 2.75) is 38.8 Å². The van der Waals surface area contributed by atoms with Crippen molar-refractivity contribution in [2.24, 2.45) is 5.92 Å². The highest BCUT2D eigenvalue weighted by atomic mass is 79.9. The minimum atomic E-state index is -0.574. The summed E-state index contributed by atoms with van der Waals surface area (Å²) in [7, 11) is 3.40. The number of likely N-dealkylation sites (N-methyl/N-ethyl adjacent to an activating group) is 1. The zero-order valence-corrected chi connectivity index (χ0v) is 19.0. The molecule has 2 heterocycles. The van der Waals surface area contributed by atoms with E-state index >= 15 is 0 Å². The SMILES string of the molecule is COC(=O)[C@H]1C=C[C@@H](Cc2cn(C(=O)OC(C)(C)C)c3cccc(Br)c23)N(C)C1. The largest absolute Gasteiger partial charge is 0.469 e. The first-order valence-corrected chi connectivity index (χ1v) is 10.4. The molecule has 156 valence electrons. The van der Waals surface area contributed by atoms with Crippen LogP contribution in [0.5, 0.6) is 0 Å². The van der Waals surface area contributed by atoms with Gasteiger partial charge in [-0.25, -0.2) is 4.79 Å². The van der Waals surface area contributed by atoms with Crippen LogP contribution in [0.2, 0.25) is 0 Å². The maximum absolute atomic E-state index is 12.8. The van der Waals surface area contributed by atoms with E-state index in [2.05, 4.69) is 20.8 Å². The lowest BCUT2D eigenvalue weighted by molar-refractivity contribution is -0.144. The zero-order valence-electron chi connectivity index (χ0n) is 17.4. The van der Waals surface area contributed by atoms with Crippen molar-refractivity contribution in [3.63, 3.8) is 0 Å². The van der Waals surface area contributed by atoms with Crippen LogP contribution in [-0.4, -0.2) is 53.9 Å². The number of nitrogens with zero attached hydrogens (tertiary/aromatic N) is 2. The third kappa shape index (κ3) is 4.73. The van der Waals surface area contributed by atoms with Gasteiger partial charge in [-0.05, 0) is 51.9 Å². The molecule has 0 N–H and O–H groups in total. The smallest absolute Gasteiger partial charge is 0.419 e. The number of carbonyl (C=O) groups is 2. The lowest BCUT2D eigenvalue weighted by Crippen LogP contribution is -2.41. The van der Waals surface area contributed by atoms with Gasteiger partial charge in [-0.2, -0.15) is 0 Å². The average molecular weight is 463 g/mol. The highest BCUT2D eigenvalue weighted by Crippen LogP contribution is 2.32. The Labute approximate surface area is 179 Å². The van der Waals surface area contributed by atoms with Gasteiger partial charge in [0.2, 0.25) is 0 Å². The minimum absolute atomic E-state index is 0.112. The molecule has 2 aromatic rings. The molecule has 0 bridgehead atoms. The molecule has 1 aliphatic heterocycles. The van der Waals surface area contributed by atoms with E-state index in [1.807, 2.05) is 64.4 Å². The van der Waals surface area contributed by atoms with Gasteiger partial charge in [-0.3, -0.25) is 14.3 Å². The Kier molecular flexibility index (Phi) is 6.19. The molecule has 0 amide bonds. The van der Waals surface area contributed by atoms with Crippen LogP contribution in [0.15, 0.2) is 41.0 Å². The van der Waals surface area contributed by atoms with E-state index < -0.39 is 11.7 Å². The van der Waals surface area contributed by atoms with Crippen LogP contribution in [0.1, 0.15) is 26.3 Å². The summed E-state index contributed by atoms with van der Waals surface area (Å²) in [6.45, 7) is 6.16. The number of methoxy groups -OCH3 is 1. The van der Waals surface area contributed by atoms with Crippen molar-refractivity contribution in [1.29, 1.82) is 0 Å². The summed E-state index contributed by atoms with van der Waals surface area (Å²) in [5.74, 6) is -0.480. The number of esters is 1. The Morgan fingerprint density at radius 1 is 1.24 bits per heavy atom. The second-order valence-electron chi connectivity index (χ2n) is 8.36. The molecule has 29 heavy (non-hydrogen) atoms. The molecule has 0 radical (unpaired) electrons. The summed E-state index contributed by atoms with van der Waals surface area (Å²) in [5.41, 5.74) is 1.27. The molecule has 0 saturated carbocycles. The van der Waals surface area contributed by atoms with Crippen LogP contribution in [-0.2, 0) is 20.7 Å². The fourth-order valence-corrected chi connectivity index (χ4v) is 4.22. The van der Waals surface area contributed by atoms with Crippen molar-refractivity contribution in [3.8, 4) is 0 Å². The van der Waals surface area contributed by atoms with Gasteiger partial charge in [0.15, 0.2) is 0 Å². The molecule has 1 aliphatic rings. The number of hydrogen-bond acceptors (Lipinski definition) is 5. The Hall–Kier alpha value is -2.12. The molecule has 0 spiro atoms. The number of rotatable bonds is 3. The van der Waals surface area contributed by atoms with Gasteiger partial charge in [0.05, 0.1) is 18.5 Å². The summed E-state index contributed by atoms with van der Waals surface area (Å²) in [6.07, 6.45) is 6.12. The fourth-order valence-electron chi connectivity index (χ4n) is 3.61. The number of halogens is 1. The van der Waals surface area contributed by atoms with E-state index in [0.717, 1.165) is 20.9 Å². The number of fused-ring (bicyclic) bond motifs is 1. The second kappa shape index (κ2) is 8.32. The first-order valence-electron chi connectivity index (χ1n) is 9.59. The Balaban J connectivity index is 1.94. The molecular weight excluding hydrogens is 436 g/mol. The number of benzene rings is 1. The third-order valence-electron chi connectivity index (χ3n) is 5.00. The van der Waals surface area contributed by atoms with Crippen LogP contribution in [0.25, 0.3) is 10.9 Å². The lowest BCUT2D eigenvalue weighted by atomic mass is 9.96. The predicted octanol–water partition coefficient (Wildman–Crippen LogP) is 4.39. The lowest BCUT2D eigenvalue weighted by Gasteiger charge is -2.31.